The zero-order valence-corrected chi connectivity index (χ0v) is 11.9. The van der Waals surface area contributed by atoms with Crippen molar-refractivity contribution in [1.29, 1.82) is 0 Å². The molecule has 1 rings (SSSR count). The van der Waals surface area contributed by atoms with Crippen molar-refractivity contribution in [1.82, 2.24) is 5.32 Å². The molecular weight excluding hydrogens is 283 g/mol. The molecule has 0 atom stereocenters. The van der Waals surface area contributed by atoms with Gasteiger partial charge in [0.25, 0.3) is 0 Å². The predicted octanol–water partition coefficient (Wildman–Crippen LogP) is 2.83. The van der Waals surface area contributed by atoms with Gasteiger partial charge in [0.2, 0.25) is 0 Å². The summed E-state index contributed by atoms with van der Waals surface area (Å²) >= 11 is 0. The maximum absolute atomic E-state index is 12.1. The van der Waals surface area contributed by atoms with Gasteiger partial charge in [-0.05, 0) is 24.1 Å². The fourth-order valence-electron chi connectivity index (χ4n) is 1.52. The topological polar surface area (TPSA) is 59.6 Å². The van der Waals surface area contributed by atoms with Crippen molar-refractivity contribution in [2.24, 2.45) is 10.7 Å². The molecular formula is C14H20F3N3O. The highest BCUT2D eigenvalue weighted by molar-refractivity contribution is 5.77. The number of hydrogen-bond acceptors (Lipinski definition) is 2. The molecule has 0 spiro atoms. The lowest BCUT2D eigenvalue weighted by Gasteiger charge is -2.10. The summed E-state index contributed by atoms with van der Waals surface area (Å²) in [6.07, 6.45) is -2.29. The minimum absolute atomic E-state index is 0.164. The van der Waals surface area contributed by atoms with Crippen LogP contribution < -0.4 is 15.8 Å². The molecule has 1 aromatic rings. The fraction of sp³-hybridized carbons (Fsp3) is 0.500. The van der Waals surface area contributed by atoms with E-state index in [2.05, 4.69) is 22.0 Å². The third-order valence-electron chi connectivity index (χ3n) is 2.57. The quantitative estimate of drug-likeness (QED) is 0.462. The smallest absolute Gasteiger partial charge is 0.422 e. The number of rotatable bonds is 7. The van der Waals surface area contributed by atoms with Crippen LogP contribution in [0.15, 0.2) is 29.3 Å². The Bertz CT molecular complexity index is 461. The Kier molecular flexibility index (Phi) is 6.84. The molecule has 7 heteroatoms. The van der Waals surface area contributed by atoms with Gasteiger partial charge < -0.3 is 15.8 Å². The van der Waals surface area contributed by atoms with Crippen molar-refractivity contribution < 1.29 is 17.9 Å². The maximum atomic E-state index is 12.1. The zero-order chi connectivity index (χ0) is 15.7. The molecule has 0 aliphatic rings. The molecule has 0 aliphatic heterocycles. The second-order valence-corrected chi connectivity index (χ2v) is 4.53. The van der Waals surface area contributed by atoms with Crippen LogP contribution in [0.1, 0.15) is 25.3 Å². The third-order valence-corrected chi connectivity index (χ3v) is 2.57. The van der Waals surface area contributed by atoms with Crippen LogP contribution in [0.5, 0.6) is 5.75 Å². The summed E-state index contributed by atoms with van der Waals surface area (Å²) in [5, 5.41) is 2.96. The van der Waals surface area contributed by atoms with Crippen molar-refractivity contribution in [2.45, 2.75) is 32.5 Å². The minimum atomic E-state index is -4.35. The number of halogens is 3. The van der Waals surface area contributed by atoms with Crippen LogP contribution in [0, 0.1) is 0 Å². The largest absolute Gasteiger partial charge is 0.484 e. The van der Waals surface area contributed by atoms with Crippen molar-refractivity contribution in [2.75, 3.05) is 13.2 Å². The molecule has 0 heterocycles. The standard InChI is InChI=1S/C14H20F3N3O/c1-2-3-7-19-13(18)20-9-11-5-4-6-12(8-11)21-10-14(15,16)17/h4-6,8H,2-3,7,9-10H2,1H3,(H3,18,19,20). The lowest BCUT2D eigenvalue weighted by Crippen LogP contribution is -2.32. The van der Waals surface area contributed by atoms with Gasteiger partial charge in [0, 0.05) is 6.54 Å². The Hall–Kier alpha value is -1.92. The SMILES string of the molecule is CCCCNC(N)=NCc1cccc(OCC(F)(F)F)c1. The maximum Gasteiger partial charge on any atom is 0.422 e. The summed E-state index contributed by atoms with van der Waals surface area (Å²) in [5.41, 5.74) is 6.41. The molecule has 4 nitrogen and oxygen atoms in total. The number of nitrogens with one attached hydrogen (secondary N) is 1. The van der Waals surface area contributed by atoms with Crippen LogP contribution in [0.2, 0.25) is 0 Å². The molecule has 1 aromatic carbocycles. The van der Waals surface area contributed by atoms with Crippen molar-refractivity contribution >= 4 is 5.96 Å². The molecule has 0 saturated heterocycles. The van der Waals surface area contributed by atoms with Gasteiger partial charge in [-0.15, -0.1) is 0 Å². The molecule has 0 bridgehead atoms. The van der Waals surface area contributed by atoms with Gasteiger partial charge in [-0.2, -0.15) is 13.2 Å². The van der Waals surface area contributed by atoms with E-state index in [1.165, 1.54) is 12.1 Å². The highest BCUT2D eigenvalue weighted by Gasteiger charge is 2.28. The first-order valence-corrected chi connectivity index (χ1v) is 6.73. The number of nitrogens with two attached hydrogens (primary N) is 1. The number of alkyl halides is 3. The molecule has 0 unspecified atom stereocenters. The van der Waals surface area contributed by atoms with Crippen LogP contribution >= 0.6 is 0 Å². The number of aliphatic imine (C=N–C) groups is 1. The number of guanidine groups is 1. The van der Waals surface area contributed by atoms with E-state index in [0.717, 1.165) is 24.9 Å². The van der Waals surface area contributed by atoms with Crippen molar-refractivity contribution in [3.63, 3.8) is 0 Å². The summed E-state index contributed by atoms with van der Waals surface area (Å²) in [6.45, 7) is 1.80. The van der Waals surface area contributed by atoms with Crippen molar-refractivity contribution in [3.05, 3.63) is 29.8 Å². The van der Waals surface area contributed by atoms with E-state index in [1.807, 2.05) is 0 Å². The Morgan fingerprint density at radius 3 is 2.81 bits per heavy atom. The molecule has 118 valence electrons. The van der Waals surface area contributed by atoms with Gasteiger partial charge in [-0.1, -0.05) is 25.5 Å². The van der Waals surface area contributed by atoms with E-state index in [0.29, 0.717) is 5.96 Å². The number of benzene rings is 1. The lowest BCUT2D eigenvalue weighted by molar-refractivity contribution is -0.153. The van der Waals surface area contributed by atoms with Gasteiger partial charge in [0.05, 0.1) is 6.54 Å². The fourth-order valence-corrected chi connectivity index (χ4v) is 1.52. The first-order valence-electron chi connectivity index (χ1n) is 6.73. The number of hydrogen-bond donors (Lipinski definition) is 2. The van der Waals surface area contributed by atoms with E-state index in [9.17, 15) is 13.2 Å². The number of unbranched alkanes of at least 4 members (excludes halogenated alkanes) is 1. The Balaban J connectivity index is 2.50. The molecule has 0 aromatic heterocycles. The second-order valence-electron chi connectivity index (χ2n) is 4.53. The third kappa shape index (κ3) is 8.06. The highest BCUT2D eigenvalue weighted by Crippen LogP contribution is 2.19. The van der Waals surface area contributed by atoms with Gasteiger partial charge in [-0.3, -0.25) is 0 Å². The summed E-state index contributed by atoms with van der Waals surface area (Å²) in [5.74, 6) is 0.489. The molecule has 0 radical (unpaired) electrons. The van der Waals surface area contributed by atoms with Crippen LogP contribution in [-0.2, 0) is 6.54 Å². The summed E-state index contributed by atoms with van der Waals surface area (Å²) in [4.78, 5) is 4.12. The minimum Gasteiger partial charge on any atom is -0.484 e. The van der Waals surface area contributed by atoms with E-state index in [1.54, 1.807) is 12.1 Å². The average Bonchev–Trinajstić information content (AvgIpc) is 2.43. The predicted molar refractivity (Wildman–Crippen MR) is 76.2 cm³/mol. The van der Waals surface area contributed by atoms with Crippen LogP contribution in [-0.4, -0.2) is 25.3 Å². The van der Waals surface area contributed by atoms with E-state index >= 15 is 0 Å². The van der Waals surface area contributed by atoms with Crippen LogP contribution in [0.25, 0.3) is 0 Å². The monoisotopic (exact) mass is 303 g/mol. The Morgan fingerprint density at radius 1 is 1.38 bits per heavy atom. The van der Waals surface area contributed by atoms with E-state index < -0.39 is 12.8 Å². The molecule has 0 amide bonds. The Labute approximate surface area is 122 Å². The normalized spacial score (nSPS) is 12.3. The number of nitrogens with zero attached hydrogens (tertiary/aromatic N) is 1. The number of ether oxygens (including phenoxy) is 1. The first kappa shape index (κ1) is 17.1. The molecule has 0 aliphatic carbocycles. The van der Waals surface area contributed by atoms with Gasteiger partial charge in [-0.25, -0.2) is 4.99 Å². The first-order chi connectivity index (χ1) is 9.90. The van der Waals surface area contributed by atoms with Crippen molar-refractivity contribution in [3.8, 4) is 5.75 Å². The average molecular weight is 303 g/mol. The van der Waals surface area contributed by atoms with Gasteiger partial charge in [0.1, 0.15) is 5.75 Å². The van der Waals surface area contributed by atoms with Gasteiger partial charge >= 0.3 is 6.18 Å². The van der Waals surface area contributed by atoms with Gasteiger partial charge in [0.15, 0.2) is 12.6 Å². The molecule has 21 heavy (non-hydrogen) atoms. The van der Waals surface area contributed by atoms with Crippen LogP contribution in [0.4, 0.5) is 13.2 Å². The lowest BCUT2D eigenvalue weighted by atomic mass is 10.2. The zero-order valence-electron chi connectivity index (χ0n) is 11.9. The molecule has 0 saturated carbocycles. The summed E-state index contributed by atoms with van der Waals surface area (Å²) in [6, 6.07) is 6.37. The van der Waals surface area contributed by atoms with E-state index in [-0.39, 0.29) is 12.3 Å². The second kappa shape index (κ2) is 8.39. The summed E-state index contributed by atoms with van der Waals surface area (Å²) < 4.78 is 40.9. The van der Waals surface area contributed by atoms with Crippen LogP contribution in [0.3, 0.4) is 0 Å². The molecule has 3 N–H and O–H groups in total. The van der Waals surface area contributed by atoms with E-state index in [4.69, 9.17) is 5.73 Å². The molecule has 0 fully saturated rings. The Morgan fingerprint density at radius 2 is 2.14 bits per heavy atom. The summed E-state index contributed by atoms with van der Waals surface area (Å²) in [7, 11) is 0. The highest BCUT2D eigenvalue weighted by atomic mass is 19.4.